The van der Waals surface area contributed by atoms with Crippen LogP contribution in [0.2, 0.25) is 0 Å². The second-order valence-electron chi connectivity index (χ2n) is 9.64. The van der Waals surface area contributed by atoms with E-state index in [2.05, 4.69) is 10.2 Å². The highest BCUT2D eigenvalue weighted by Gasteiger charge is 2.44. The molecule has 0 aromatic heterocycles. The number of carbonyl (C=O) groups excluding carboxylic acids is 2. The molecule has 6 nitrogen and oxygen atoms in total. The van der Waals surface area contributed by atoms with Gasteiger partial charge in [-0.3, -0.25) is 9.69 Å². The third-order valence-corrected chi connectivity index (χ3v) is 6.76. The first kappa shape index (κ1) is 25.3. The van der Waals surface area contributed by atoms with E-state index in [1.165, 1.54) is 13.1 Å². The van der Waals surface area contributed by atoms with Gasteiger partial charge in [-0.2, -0.15) is 13.2 Å². The lowest BCUT2D eigenvalue weighted by molar-refractivity contribution is -0.266. The van der Waals surface area contributed by atoms with Crippen molar-refractivity contribution in [1.82, 2.24) is 15.1 Å². The number of nitrogens with one attached hydrogen (secondary N) is 1. The minimum absolute atomic E-state index is 0.110. The number of rotatable bonds is 7. The normalized spacial score (nSPS) is 24.1. The number of alkyl halides is 3. The van der Waals surface area contributed by atoms with E-state index in [0.29, 0.717) is 37.5 Å². The number of halogens is 4. The van der Waals surface area contributed by atoms with Crippen LogP contribution in [0.25, 0.3) is 0 Å². The molecule has 1 saturated heterocycles. The summed E-state index contributed by atoms with van der Waals surface area (Å²) in [7, 11) is 1.33. The van der Waals surface area contributed by atoms with E-state index in [1.807, 2.05) is 13.8 Å². The summed E-state index contributed by atoms with van der Waals surface area (Å²) in [6.07, 6.45) is -4.08. The van der Waals surface area contributed by atoms with Gasteiger partial charge in [0, 0.05) is 32.7 Å². The van der Waals surface area contributed by atoms with Gasteiger partial charge in [0.15, 0.2) is 0 Å². The zero-order chi connectivity index (χ0) is 24.5. The molecule has 1 aromatic carbocycles. The Hall–Kier alpha value is -2.36. The molecule has 1 aliphatic heterocycles. The van der Waals surface area contributed by atoms with Gasteiger partial charge in [0.25, 0.3) is 0 Å². The molecule has 1 N–H and O–H groups in total. The minimum Gasteiger partial charge on any atom is -0.530 e. The fourth-order valence-corrected chi connectivity index (χ4v) is 5.10. The molecule has 10 heteroatoms. The van der Waals surface area contributed by atoms with E-state index in [4.69, 9.17) is 0 Å². The van der Waals surface area contributed by atoms with E-state index in [-0.39, 0.29) is 23.8 Å². The number of carbonyl (C=O) groups is 2. The molecular weight excluding hydrogens is 442 g/mol. The second kappa shape index (κ2) is 9.87. The van der Waals surface area contributed by atoms with Crippen LogP contribution in [0.15, 0.2) is 18.2 Å². The molecule has 2 amide bonds. The van der Waals surface area contributed by atoms with Gasteiger partial charge < -0.3 is 20.1 Å². The van der Waals surface area contributed by atoms with Gasteiger partial charge in [-0.1, -0.05) is 19.9 Å². The highest BCUT2D eigenvalue weighted by molar-refractivity contribution is 5.85. The van der Waals surface area contributed by atoms with Crippen molar-refractivity contribution in [3.05, 3.63) is 35.1 Å². The van der Waals surface area contributed by atoms with Crippen LogP contribution >= 0.6 is 0 Å². The van der Waals surface area contributed by atoms with Gasteiger partial charge in [0.2, 0.25) is 5.91 Å². The lowest BCUT2D eigenvalue weighted by atomic mass is 9.96. The van der Waals surface area contributed by atoms with Gasteiger partial charge in [0.1, 0.15) is 18.0 Å². The van der Waals surface area contributed by atoms with Crippen molar-refractivity contribution in [3.63, 3.8) is 0 Å². The molecule has 1 saturated carbocycles. The molecule has 0 bridgehead atoms. The number of hydrogen-bond donors (Lipinski definition) is 1. The molecule has 3 rings (SSSR count). The maximum atomic E-state index is 13.9. The predicted octanol–water partition coefficient (Wildman–Crippen LogP) is 2.86. The van der Waals surface area contributed by atoms with Crippen LogP contribution in [0.1, 0.15) is 44.2 Å². The van der Waals surface area contributed by atoms with Crippen LogP contribution in [-0.4, -0.2) is 54.0 Å². The molecule has 0 radical (unpaired) electrons. The average Bonchev–Trinajstić information content (AvgIpc) is 3.25. The molecule has 2 fully saturated rings. The average molecular weight is 473 g/mol. The number of hydrogen-bond acceptors (Lipinski definition) is 4. The monoisotopic (exact) mass is 472 g/mol. The molecular formula is C23H30F4N3O3-. The van der Waals surface area contributed by atoms with Gasteiger partial charge in [-0.15, -0.1) is 0 Å². The van der Waals surface area contributed by atoms with Crippen molar-refractivity contribution in [2.24, 2.45) is 17.8 Å². The lowest BCUT2D eigenvalue weighted by Gasteiger charge is -2.32. The quantitative estimate of drug-likeness (QED) is 0.620. The van der Waals surface area contributed by atoms with E-state index in [9.17, 15) is 32.3 Å². The van der Waals surface area contributed by atoms with E-state index in [1.54, 1.807) is 0 Å². The topological polar surface area (TPSA) is 75.7 Å². The van der Waals surface area contributed by atoms with Crippen LogP contribution in [-0.2, 0) is 17.5 Å². The summed E-state index contributed by atoms with van der Waals surface area (Å²) in [6.45, 7) is 5.49. The zero-order valence-electron chi connectivity index (χ0n) is 19.0. The number of nitrogens with zero attached hydrogens (tertiary/aromatic N) is 2. The summed E-state index contributed by atoms with van der Waals surface area (Å²) in [5.41, 5.74) is -0.807. The Morgan fingerprint density at radius 1 is 1.24 bits per heavy atom. The summed E-state index contributed by atoms with van der Waals surface area (Å²) in [6, 6.07) is 2.06. The van der Waals surface area contributed by atoms with Crippen molar-refractivity contribution in [2.75, 3.05) is 20.1 Å². The number of carboxylic acid groups (broad SMARTS) is 1. The summed E-state index contributed by atoms with van der Waals surface area (Å²) in [5.74, 6) is -1.04. The Morgan fingerprint density at radius 3 is 2.52 bits per heavy atom. The van der Waals surface area contributed by atoms with Crippen LogP contribution in [0, 0.1) is 23.6 Å². The summed E-state index contributed by atoms with van der Waals surface area (Å²) in [4.78, 5) is 27.2. The highest BCUT2D eigenvalue weighted by atomic mass is 19.4. The third kappa shape index (κ3) is 5.96. The Bertz CT molecular complexity index is 877. The molecule has 1 aliphatic carbocycles. The number of likely N-dealkylation sites (tertiary alicyclic amines) is 1. The molecule has 184 valence electrons. The highest BCUT2D eigenvalue weighted by Crippen LogP contribution is 2.39. The molecule has 4 atom stereocenters. The standard InChI is InChI=1S/C23H31F4N3O3/c1-13(2)8-20(29(3)22(32)33)21(31)28-19-7-5-15-11-30(12-16(15)19)10-14-4-6-17(18(24)9-14)23(25,26)27/h4,6,9,13,15-16,19-20H,5,7-8,10-12H2,1-3H3,(H,28,31)(H,32,33)/p-1/t15-,16+,19+,20?/m0/s1. The first-order chi connectivity index (χ1) is 15.4. The lowest BCUT2D eigenvalue weighted by Crippen LogP contribution is -2.54. The summed E-state index contributed by atoms with van der Waals surface area (Å²) >= 11 is 0. The maximum Gasteiger partial charge on any atom is 0.419 e. The molecule has 1 heterocycles. The Balaban J connectivity index is 1.62. The fraction of sp³-hybridized carbons (Fsp3) is 0.652. The van der Waals surface area contributed by atoms with Crippen LogP contribution < -0.4 is 10.4 Å². The van der Waals surface area contributed by atoms with Crippen LogP contribution in [0.4, 0.5) is 22.4 Å². The maximum absolute atomic E-state index is 13.9. The third-order valence-electron chi connectivity index (χ3n) is 6.76. The van der Waals surface area contributed by atoms with Crippen molar-refractivity contribution in [1.29, 1.82) is 0 Å². The molecule has 33 heavy (non-hydrogen) atoms. The van der Waals surface area contributed by atoms with Gasteiger partial charge in [-0.25, -0.2) is 4.39 Å². The number of benzene rings is 1. The largest absolute Gasteiger partial charge is 0.530 e. The first-order valence-corrected chi connectivity index (χ1v) is 11.2. The second-order valence-corrected chi connectivity index (χ2v) is 9.64. The van der Waals surface area contributed by atoms with E-state index < -0.39 is 29.7 Å². The summed E-state index contributed by atoms with van der Waals surface area (Å²) < 4.78 is 52.3. The molecule has 1 aromatic rings. The Kier molecular flexibility index (Phi) is 7.55. The number of amides is 2. The Morgan fingerprint density at radius 2 is 1.94 bits per heavy atom. The fourth-order valence-electron chi connectivity index (χ4n) is 5.10. The smallest absolute Gasteiger partial charge is 0.419 e. The van der Waals surface area contributed by atoms with Crippen molar-refractivity contribution in [2.45, 2.75) is 57.9 Å². The van der Waals surface area contributed by atoms with Crippen molar-refractivity contribution < 1.29 is 32.3 Å². The zero-order valence-corrected chi connectivity index (χ0v) is 19.0. The van der Waals surface area contributed by atoms with Crippen LogP contribution in [0.3, 0.4) is 0 Å². The van der Waals surface area contributed by atoms with E-state index >= 15 is 0 Å². The minimum atomic E-state index is -4.73. The number of fused-ring (bicyclic) bond motifs is 1. The van der Waals surface area contributed by atoms with Crippen LogP contribution in [0.5, 0.6) is 0 Å². The van der Waals surface area contributed by atoms with Crippen molar-refractivity contribution in [3.8, 4) is 0 Å². The van der Waals surface area contributed by atoms with Crippen molar-refractivity contribution >= 4 is 12.0 Å². The van der Waals surface area contributed by atoms with Gasteiger partial charge in [-0.05, 0) is 54.7 Å². The molecule has 2 aliphatic rings. The van der Waals surface area contributed by atoms with E-state index in [0.717, 1.165) is 29.9 Å². The number of likely N-dealkylation sites (N-methyl/N-ethyl adjacent to an activating group) is 1. The van der Waals surface area contributed by atoms with Gasteiger partial charge in [0.05, 0.1) is 5.56 Å². The molecule has 0 spiro atoms. The predicted molar refractivity (Wildman–Crippen MR) is 111 cm³/mol. The SMILES string of the molecule is CC(C)CC(C(=O)N[C@@H]1CC[C@H]2CN(Cc3ccc(C(F)(F)F)c(F)c3)C[C@H]21)N(C)C(=O)[O-]. The summed E-state index contributed by atoms with van der Waals surface area (Å²) in [5, 5.41) is 14.3. The first-order valence-electron chi connectivity index (χ1n) is 11.2. The molecule has 1 unspecified atom stereocenters. The Labute approximate surface area is 190 Å². The van der Waals surface area contributed by atoms with Gasteiger partial charge >= 0.3 is 6.18 Å².